The molecule has 2 unspecified atom stereocenters. The molecule has 1 saturated heterocycles. The predicted octanol–water partition coefficient (Wildman–Crippen LogP) is 3.11. The van der Waals surface area contributed by atoms with Crippen molar-refractivity contribution in [1.82, 2.24) is 14.9 Å². The summed E-state index contributed by atoms with van der Waals surface area (Å²) in [6, 6.07) is 6.95. The Labute approximate surface area is 173 Å². The van der Waals surface area contributed by atoms with Crippen molar-refractivity contribution < 1.29 is 8.95 Å². The van der Waals surface area contributed by atoms with Gasteiger partial charge in [-0.3, -0.25) is 4.90 Å². The van der Waals surface area contributed by atoms with Gasteiger partial charge < -0.3 is 9.64 Å². The molecule has 0 amide bonds. The third-order valence-electron chi connectivity index (χ3n) is 5.79. The zero-order valence-corrected chi connectivity index (χ0v) is 18.3. The Morgan fingerprint density at radius 2 is 1.83 bits per heavy atom. The molecule has 0 bridgehead atoms. The Balaban J connectivity index is 1.40. The number of ether oxygens (including phenoxy) is 1. The molecule has 0 spiro atoms. The van der Waals surface area contributed by atoms with Crippen LogP contribution in [0.1, 0.15) is 37.9 Å². The summed E-state index contributed by atoms with van der Waals surface area (Å²) >= 11 is 0. The van der Waals surface area contributed by atoms with Crippen LogP contribution >= 0.6 is 0 Å². The van der Waals surface area contributed by atoms with Crippen LogP contribution in [0.25, 0.3) is 0 Å². The Morgan fingerprint density at radius 1 is 1.17 bits per heavy atom. The molecule has 29 heavy (non-hydrogen) atoms. The zero-order chi connectivity index (χ0) is 20.8. The molecular weight excluding hydrogens is 386 g/mol. The maximum atomic E-state index is 11.8. The second-order valence-electron chi connectivity index (χ2n) is 8.67. The maximum absolute atomic E-state index is 11.8. The van der Waals surface area contributed by atoms with Crippen LogP contribution in [0.4, 0.5) is 5.95 Å². The lowest BCUT2D eigenvalue weighted by Gasteiger charge is -2.38. The first-order valence-corrected chi connectivity index (χ1v) is 12.0. The van der Waals surface area contributed by atoms with Crippen molar-refractivity contribution in [3.8, 4) is 5.75 Å². The average molecular weight is 416 g/mol. The summed E-state index contributed by atoms with van der Waals surface area (Å²) in [4.78, 5) is 13.6. The number of benzene rings is 1. The quantitative estimate of drug-likeness (QED) is 0.826. The van der Waals surface area contributed by atoms with E-state index in [1.165, 1.54) is 29.8 Å². The molecule has 8 heteroatoms. The van der Waals surface area contributed by atoms with E-state index in [1.807, 2.05) is 0 Å². The monoisotopic (exact) mass is 415 g/mol. The van der Waals surface area contributed by atoms with Gasteiger partial charge in [-0.1, -0.05) is 12.1 Å². The molecule has 4 rings (SSSR count). The van der Waals surface area contributed by atoms with Crippen LogP contribution < -0.4 is 9.64 Å². The fourth-order valence-electron chi connectivity index (χ4n) is 4.06. The van der Waals surface area contributed by atoms with Crippen molar-refractivity contribution in [1.29, 1.82) is 4.78 Å². The Morgan fingerprint density at radius 3 is 2.45 bits per heavy atom. The Kier molecular flexibility index (Phi) is 5.02. The van der Waals surface area contributed by atoms with E-state index in [0.29, 0.717) is 16.9 Å². The maximum Gasteiger partial charge on any atom is 0.225 e. The molecule has 0 radical (unpaired) electrons. The van der Waals surface area contributed by atoms with Crippen LogP contribution in [0.5, 0.6) is 5.75 Å². The Hall–Kier alpha value is -2.19. The third kappa shape index (κ3) is 4.23. The van der Waals surface area contributed by atoms with Crippen LogP contribution in [0.3, 0.4) is 0 Å². The zero-order valence-electron chi connectivity index (χ0n) is 17.5. The number of nitrogens with one attached hydrogen (secondary N) is 1. The van der Waals surface area contributed by atoms with Gasteiger partial charge in [-0.05, 0) is 38.0 Å². The molecule has 0 aliphatic carbocycles. The first-order chi connectivity index (χ1) is 13.6. The van der Waals surface area contributed by atoms with Gasteiger partial charge in [0.2, 0.25) is 5.95 Å². The first kappa shape index (κ1) is 20.1. The molecule has 1 aromatic heterocycles. The van der Waals surface area contributed by atoms with Crippen molar-refractivity contribution in [2.75, 3.05) is 37.3 Å². The molecule has 156 valence electrons. The normalized spacial score (nSPS) is 21.9. The third-order valence-corrected chi connectivity index (χ3v) is 6.90. The van der Waals surface area contributed by atoms with Gasteiger partial charge in [-0.25, -0.2) is 19.0 Å². The smallest absolute Gasteiger partial charge is 0.225 e. The number of rotatable bonds is 4. The molecular formula is C21H29N5O2S. The molecule has 2 aliphatic rings. The molecule has 1 aromatic carbocycles. The summed E-state index contributed by atoms with van der Waals surface area (Å²) in [6.45, 7) is 10.0. The van der Waals surface area contributed by atoms with Gasteiger partial charge in [0.15, 0.2) is 0 Å². The van der Waals surface area contributed by atoms with Crippen LogP contribution in [0, 0.1) is 4.78 Å². The number of hydrogen-bond acceptors (Lipinski definition) is 7. The summed E-state index contributed by atoms with van der Waals surface area (Å²) in [5.74, 6) is 1.66. The van der Waals surface area contributed by atoms with Gasteiger partial charge in [-0.2, -0.15) is 0 Å². The lowest BCUT2D eigenvalue weighted by atomic mass is 9.99. The average Bonchev–Trinajstić information content (AvgIpc) is 3.00. The van der Waals surface area contributed by atoms with E-state index in [-0.39, 0.29) is 5.60 Å². The minimum absolute atomic E-state index is 0.115. The summed E-state index contributed by atoms with van der Waals surface area (Å²) in [5.41, 5.74) is 2.46. The summed E-state index contributed by atoms with van der Waals surface area (Å²) in [7, 11) is -2.77. The van der Waals surface area contributed by atoms with E-state index in [2.05, 4.69) is 58.7 Å². The van der Waals surface area contributed by atoms with Gasteiger partial charge >= 0.3 is 0 Å². The highest BCUT2D eigenvalue weighted by molar-refractivity contribution is 7.91. The molecule has 1 N–H and O–H groups in total. The number of anilines is 1. The number of hydrogen-bond donors (Lipinski definition) is 1. The van der Waals surface area contributed by atoms with E-state index in [4.69, 9.17) is 9.52 Å². The lowest BCUT2D eigenvalue weighted by molar-refractivity contribution is 0.138. The van der Waals surface area contributed by atoms with Gasteiger partial charge in [0.05, 0.1) is 14.6 Å². The Bertz CT molecular complexity index is 996. The SMILES string of the molecule is CC(c1ccc2c(c1)OC(C)(C)C2)N1CCN(c2ncc(S(C)(=N)=O)cn2)CC1. The van der Waals surface area contributed by atoms with Gasteiger partial charge in [0.25, 0.3) is 0 Å². The highest BCUT2D eigenvalue weighted by Crippen LogP contribution is 2.37. The van der Waals surface area contributed by atoms with E-state index >= 15 is 0 Å². The molecule has 7 nitrogen and oxygen atoms in total. The molecule has 3 heterocycles. The second kappa shape index (κ2) is 7.25. The van der Waals surface area contributed by atoms with Crippen LogP contribution in [0.2, 0.25) is 0 Å². The van der Waals surface area contributed by atoms with E-state index in [0.717, 1.165) is 38.3 Å². The minimum Gasteiger partial charge on any atom is -0.487 e. The standard InChI is InChI=1S/C21H29N5O2S/c1-15(16-5-6-17-12-21(2,3)28-19(17)11-16)25-7-9-26(10-8-25)20-23-13-18(14-24-20)29(4,22)27/h5-6,11,13-15,22H,7-10,12H2,1-4H3. The molecule has 0 saturated carbocycles. The fraction of sp³-hybridized carbons (Fsp3) is 0.524. The minimum atomic E-state index is -2.77. The van der Waals surface area contributed by atoms with Crippen molar-refractivity contribution >= 4 is 15.7 Å². The van der Waals surface area contributed by atoms with E-state index in [1.54, 1.807) is 0 Å². The van der Waals surface area contributed by atoms with E-state index < -0.39 is 9.73 Å². The molecule has 2 aromatic rings. The largest absolute Gasteiger partial charge is 0.487 e. The van der Waals surface area contributed by atoms with Gasteiger partial charge in [0, 0.05) is 57.3 Å². The first-order valence-electron chi connectivity index (χ1n) is 9.99. The summed E-state index contributed by atoms with van der Waals surface area (Å²) in [6.07, 6.45) is 5.37. The van der Waals surface area contributed by atoms with Crippen molar-refractivity contribution in [2.45, 2.75) is 43.7 Å². The summed E-state index contributed by atoms with van der Waals surface area (Å²) in [5, 5.41) is 0. The molecule has 1 fully saturated rings. The lowest BCUT2D eigenvalue weighted by Crippen LogP contribution is -2.47. The number of fused-ring (bicyclic) bond motifs is 1. The van der Waals surface area contributed by atoms with Crippen molar-refractivity contribution in [3.63, 3.8) is 0 Å². The van der Waals surface area contributed by atoms with Crippen molar-refractivity contribution in [3.05, 3.63) is 41.7 Å². The highest BCUT2D eigenvalue weighted by atomic mass is 32.2. The van der Waals surface area contributed by atoms with Gasteiger partial charge in [-0.15, -0.1) is 0 Å². The molecule has 2 aliphatic heterocycles. The molecule has 2 atom stereocenters. The summed E-state index contributed by atoms with van der Waals surface area (Å²) < 4.78 is 25.5. The fourth-order valence-corrected chi connectivity index (χ4v) is 4.57. The second-order valence-corrected chi connectivity index (χ2v) is 10.8. The van der Waals surface area contributed by atoms with Crippen LogP contribution in [0.15, 0.2) is 35.5 Å². The highest BCUT2D eigenvalue weighted by Gasteiger charge is 2.31. The van der Waals surface area contributed by atoms with Gasteiger partial charge in [0.1, 0.15) is 11.4 Å². The predicted molar refractivity (Wildman–Crippen MR) is 114 cm³/mol. The number of nitrogens with zero attached hydrogens (tertiary/aromatic N) is 4. The van der Waals surface area contributed by atoms with E-state index in [9.17, 15) is 4.21 Å². The van der Waals surface area contributed by atoms with Crippen LogP contribution in [-0.4, -0.2) is 57.1 Å². The number of aromatic nitrogens is 2. The van der Waals surface area contributed by atoms with Crippen LogP contribution in [-0.2, 0) is 16.1 Å². The topological polar surface area (TPSA) is 82.4 Å². The van der Waals surface area contributed by atoms with Crippen molar-refractivity contribution in [2.24, 2.45) is 0 Å². The number of piperazine rings is 1.